The van der Waals surface area contributed by atoms with Crippen LogP contribution in [0.5, 0.6) is 5.75 Å². The Hall–Kier alpha value is -2.66. The minimum Gasteiger partial charge on any atom is -0.486 e. The molecule has 0 aliphatic heterocycles. The molecule has 6 heteroatoms. The third-order valence-corrected chi connectivity index (χ3v) is 3.56. The fourth-order valence-electron chi connectivity index (χ4n) is 2.26. The van der Waals surface area contributed by atoms with Crippen molar-refractivity contribution >= 4 is 28.2 Å². The highest BCUT2D eigenvalue weighted by molar-refractivity contribution is 6.30. The minimum absolute atomic E-state index is 0.289. The number of aromatic nitrogens is 4. The molecule has 108 valence electrons. The van der Waals surface area contributed by atoms with Crippen LogP contribution in [0.2, 0.25) is 5.02 Å². The average molecular weight is 311 g/mol. The molecule has 0 bridgehead atoms. The molecule has 0 atom stereocenters. The minimum atomic E-state index is 0.289. The third-order valence-electron chi connectivity index (χ3n) is 3.31. The van der Waals surface area contributed by atoms with Crippen LogP contribution >= 0.6 is 11.6 Å². The van der Waals surface area contributed by atoms with E-state index in [-0.39, 0.29) is 6.61 Å². The largest absolute Gasteiger partial charge is 0.486 e. The van der Waals surface area contributed by atoms with Crippen LogP contribution in [0.3, 0.4) is 0 Å². The van der Waals surface area contributed by atoms with Gasteiger partial charge in [-0.25, -0.2) is 14.5 Å². The van der Waals surface area contributed by atoms with Gasteiger partial charge in [0.1, 0.15) is 18.7 Å². The number of hydrogen-bond donors (Lipinski definition) is 0. The summed E-state index contributed by atoms with van der Waals surface area (Å²) in [7, 11) is 0. The van der Waals surface area contributed by atoms with E-state index in [1.54, 1.807) is 23.0 Å². The number of hydrogen-bond acceptors (Lipinski definition) is 4. The molecule has 0 radical (unpaired) electrons. The van der Waals surface area contributed by atoms with Gasteiger partial charge in [0.25, 0.3) is 0 Å². The van der Waals surface area contributed by atoms with Crippen molar-refractivity contribution in [2.24, 2.45) is 0 Å². The molecule has 22 heavy (non-hydrogen) atoms. The standard InChI is InChI=1S/C16H11ClN4O/c17-11-5-7-12(8-6-11)22-9-15-19-16-13-3-1-2-4-14(13)18-10-21(16)20-15/h1-8,10H,9H2. The summed E-state index contributed by atoms with van der Waals surface area (Å²) in [4.78, 5) is 8.89. The summed E-state index contributed by atoms with van der Waals surface area (Å²) in [6.07, 6.45) is 1.66. The van der Waals surface area contributed by atoms with Gasteiger partial charge in [-0.3, -0.25) is 0 Å². The lowest BCUT2D eigenvalue weighted by molar-refractivity contribution is 0.296. The van der Waals surface area contributed by atoms with Gasteiger partial charge in [0.05, 0.1) is 5.52 Å². The van der Waals surface area contributed by atoms with Crippen molar-refractivity contribution in [3.05, 3.63) is 65.7 Å². The predicted molar refractivity (Wildman–Crippen MR) is 84.1 cm³/mol. The molecule has 4 aromatic rings. The van der Waals surface area contributed by atoms with E-state index in [4.69, 9.17) is 16.3 Å². The van der Waals surface area contributed by atoms with E-state index in [1.807, 2.05) is 36.4 Å². The molecule has 0 amide bonds. The van der Waals surface area contributed by atoms with Gasteiger partial charge in [0.15, 0.2) is 11.5 Å². The molecule has 0 unspecified atom stereocenters. The summed E-state index contributed by atoms with van der Waals surface area (Å²) < 4.78 is 7.34. The normalized spacial score (nSPS) is 11.1. The molecule has 0 aliphatic rings. The molecule has 0 spiro atoms. The number of benzene rings is 2. The molecule has 2 aromatic heterocycles. The molecule has 0 N–H and O–H groups in total. The lowest BCUT2D eigenvalue weighted by Gasteiger charge is -2.02. The van der Waals surface area contributed by atoms with Crippen LogP contribution in [0.1, 0.15) is 5.82 Å². The Morgan fingerprint density at radius 3 is 2.73 bits per heavy atom. The Kier molecular flexibility index (Phi) is 3.12. The molecule has 5 nitrogen and oxygen atoms in total. The fourth-order valence-corrected chi connectivity index (χ4v) is 2.39. The monoisotopic (exact) mass is 310 g/mol. The molecule has 0 aliphatic carbocycles. The molecule has 2 aromatic carbocycles. The second kappa shape index (κ2) is 5.27. The van der Waals surface area contributed by atoms with E-state index in [9.17, 15) is 0 Å². The summed E-state index contributed by atoms with van der Waals surface area (Å²) >= 11 is 5.85. The van der Waals surface area contributed by atoms with Crippen LogP contribution in [0.25, 0.3) is 16.6 Å². The first-order chi connectivity index (χ1) is 10.8. The van der Waals surface area contributed by atoms with Crippen LogP contribution in [-0.2, 0) is 6.61 Å². The number of rotatable bonds is 3. The van der Waals surface area contributed by atoms with E-state index in [1.165, 1.54) is 0 Å². The first kappa shape index (κ1) is 13.0. The van der Waals surface area contributed by atoms with Crippen molar-refractivity contribution < 1.29 is 4.74 Å². The van der Waals surface area contributed by atoms with E-state index >= 15 is 0 Å². The Bertz CT molecular complexity index is 949. The number of halogens is 1. The molecular weight excluding hydrogens is 300 g/mol. The van der Waals surface area contributed by atoms with Gasteiger partial charge in [0.2, 0.25) is 0 Å². The molecule has 0 saturated heterocycles. The van der Waals surface area contributed by atoms with Gasteiger partial charge in [-0.2, -0.15) is 0 Å². The van der Waals surface area contributed by atoms with E-state index < -0.39 is 0 Å². The van der Waals surface area contributed by atoms with Gasteiger partial charge in [-0.05, 0) is 36.4 Å². The maximum absolute atomic E-state index is 5.85. The number of para-hydroxylation sites is 1. The summed E-state index contributed by atoms with van der Waals surface area (Å²) in [5.74, 6) is 1.33. The van der Waals surface area contributed by atoms with Crippen molar-refractivity contribution in [2.75, 3.05) is 0 Å². The fraction of sp³-hybridized carbons (Fsp3) is 0.0625. The molecular formula is C16H11ClN4O. The number of nitrogens with zero attached hydrogens (tertiary/aromatic N) is 4. The molecule has 0 fully saturated rings. The molecule has 2 heterocycles. The summed E-state index contributed by atoms with van der Waals surface area (Å²) in [5, 5.41) is 6.03. The van der Waals surface area contributed by atoms with Gasteiger partial charge < -0.3 is 4.74 Å². The highest BCUT2D eigenvalue weighted by Gasteiger charge is 2.08. The second-order valence-electron chi connectivity index (χ2n) is 4.80. The summed E-state index contributed by atoms with van der Waals surface area (Å²) in [5.41, 5.74) is 1.67. The lowest BCUT2D eigenvalue weighted by Crippen LogP contribution is -1.98. The highest BCUT2D eigenvalue weighted by Crippen LogP contribution is 2.18. The Balaban J connectivity index is 1.65. The first-order valence-corrected chi connectivity index (χ1v) is 7.15. The van der Waals surface area contributed by atoms with Crippen molar-refractivity contribution in [2.45, 2.75) is 6.61 Å². The van der Waals surface area contributed by atoms with Crippen LogP contribution in [0.4, 0.5) is 0 Å². The summed E-state index contributed by atoms with van der Waals surface area (Å²) in [6, 6.07) is 15.0. The highest BCUT2D eigenvalue weighted by atomic mass is 35.5. The first-order valence-electron chi connectivity index (χ1n) is 6.77. The van der Waals surface area contributed by atoms with Gasteiger partial charge in [-0.1, -0.05) is 23.7 Å². The Morgan fingerprint density at radius 1 is 1.05 bits per heavy atom. The van der Waals surface area contributed by atoms with Crippen molar-refractivity contribution in [3.8, 4) is 5.75 Å². The van der Waals surface area contributed by atoms with Gasteiger partial charge in [0, 0.05) is 10.4 Å². The van der Waals surface area contributed by atoms with Crippen LogP contribution in [-0.4, -0.2) is 19.6 Å². The van der Waals surface area contributed by atoms with Crippen LogP contribution in [0.15, 0.2) is 54.9 Å². The average Bonchev–Trinajstić information content (AvgIpc) is 2.98. The van der Waals surface area contributed by atoms with Crippen LogP contribution in [0, 0.1) is 0 Å². The van der Waals surface area contributed by atoms with Gasteiger partial charge >= 0.3 is 0 Å². The maximum Gasteiger partial charge on any atom is 0.189 e. The van der Waals surface area contributed by atoms with Crippen molar-refractivity contribution in [1.82, 2.24) is 19.6 Å². The van der Waals surface area contributed by atoms with Crippen molar-refractivity contribution in [3.63, 3.8) is 0 Å². The summed E-state index contributed by atoms with van der Waals surface area (Å²) in [6.45, 7) is 0.289. The zero-order valence-corrected chi connectivity index (χ0v) is 12.2. The zero-order chi connectivity index (χ0) is 14.9. The van der Waals surface area contributed by atoms with E-state index in [2.05, 4.69) is 15.1 Å². The van der Waals surface area contributed by atoms with E-state index in [0.29, 0.717) is 10.8 Å². The van der Waals surface area contributed by atoms with Crippen LogP contribution < -0.4 is 4.74 Å². The predicted octanol–water partition coefficient (Wildman–Crippen LogP) is 3.51. The quantitative estimate of drug-likeness (QED) is 0.581. The topological polar surface area (TPSA) is 52.3 Å². The van der Waals surface area contributed by atoms with E-state index in [0.717, 1.165) is 22.3 Å². The third kappa shape index (κ3) is 2.35. The second-order valence-corrected chi connectivity index (χ2v) is 5.24. The van der Waals surface area contributed by atoms with Crippen molar-refractivity contribution in [1.29, 1.82) is 0 Å². The number of ether oxygens (including phenoxy) is 1. The number of fused-ring (bicyclic) bond motifs is 3. The van der Waals surface area contributed by atoms with Gasteiger partial charge in [-0.15, -0.1) is 5.10 Å². The Morgan fingerprint density at radius 2 is 1.86 bits per heavy atom. The SMILES string of the molecule is Clc1ccc(OCc2nc3c4ccccc4ncn3n2)cc1. The zero-order valence-electron chi connectivity index (χ0n) is 11.5. The maximum atomic E-state index is 5.85. The molecule has 4 rings (SSSR count). The lowest BCUT2D eigenvalue weighted by atomic mass is 10.2. The smallest absolute Gasteiger partial charge is 0.189 e. The Labute approximate surface area is 131 Å². The molecule has 0 saturated carbocycles.